The molecule has 0 aromatic carbocycles. The standard InChI is InChI=1S/C17H29N3O3/c1-19(13-5-2-3-6-13)11-15(22)20-10-7-14(21)17(12-20)8-4-9-18-16(17)23/h13-14,21H,2-12H2,1H3,(H,18,23)/t14-,17+/m0/s1. The van der Waals surface area contributed by atoms with Gasteiger partial charge in [-0.25, -0.2) is 0 Å². The second kappa shape index (κ2) is 6.77. The Bertz CT molecular complexity index is 464. The maximum Gasteiger partial charge on any atom is 0.236 e. The van der Waals surface area contributed by atoms with Crippen LogP contribution < -0.4 is 5.32 Å². The van der Waals surface area contributed by atoms with Crippen LogP contribution in [0.25, 0.3) is 0 Å². The minimum atomic E-state index is -0.794. The summed E-state index contributed by atoms with van der Waals surface area (Å²) in [6, 6.07) is 0.515. The van der Waals surface area contributed by atoms with Gasteiger partial charge in [-0.15, -0.1) is 0 Å². The number of aliphatic hydroxyl groups excluding tert-OH is 1. The van der Waals surface area contributed by atoms with Crippen molar-refractivity contribution in [3.8, 4) is 0 Å². The Kier molecular flexibility index (Phi) is 4.92. The summed E-state index contributed by atoms with van der Waals surface area (Å²) in [5, 5.41) is 13.3. The first-order valence-electron chi connectivity index (χ1n) is 8.97. The summed E-state index contributed by atoms with van der Waals surface area (Å²) in [6.07, 6.45) is 6.25. The molecule has 6 heteroatoms. The van der Waals surface area contributed by atoms with Gasteiger partial charge in [0.05, 0.1) is 18.1 Å². The number of hydrogen-bond acceptors (Lipinski definition) is 4. The molecule has 2 N–H and O–H groups in total. The number of likely N-dealkylation sites (N-methyl/N-ethyl adjacent to an activating group) is 1. The van der Waals surface area contributed by atoms with E-state index in [1.165, 1.54) is 25.7 Å². The predicted octanol–water partition coefficient (Wildman–Crippen LogP) is 0.350. The van der Waals surface area contributed by atoms with Crippen molar-refractivity contribution in [1.82, 2.24) is 15.1 Å². The zero-order chi connectivity index (χ0) is 16.4. The number of piperidine rings is 2. The van der Waals surface area contributed by atoms with Crippen LogP contribution in [-0.2, 0) is 9.59 Å². The first-order valence-corrected chi connectivity index (χ1v) is 8.97. The van der Waals surface area contributed by atoms with Gasteiger partial charge >= 0.3 is 0 Å². The van der Waals surface area contributed by atoms with E-state index in [4.69, 9.17) is 0 Å². The van der Waals surface area contributed by atoms with Gasteiger partial charge in [0.1, 0.15) is 0 Å². The molecular weight excluding hydrogens is 294 g/mol. The number of likely N-dealkylation sites (tertiary alicyclic amines) is 1. The Hall–Kier alpha value is -1.14. The molecule has 2 saturated heterocycles. The number of nitrogens with one attached hydrogen (secondary N) is 1. The fourth-order valence-electron chi connectivity index (χ4n) is 4.44. The highest BCUT2D eigenvalue weighted by molar-refractivity contribution is 5.86. The summed E-state index contributed by atoms with van der Waals surface area (Å²) in [5.41, 5.74) is -0.794. The van der Waals surface area contributed by atoms with E-state index in [1.807, 2.05) is 7.05 Å². The van der Waals surface area contributed by atoms with Crippen LogP contribution in [0.4, 0.5) is 0 Å². The molecule has 3 aliphatic rings. The van der Waals surface area contributed by atoms with Crippen LogP contribution >= 0.6 is 0 Å². The molecule has 2 atom stereocenters. The normalized spacial score (nSPS) is 32.6. The fourth-order valence-corrected chi connectivity index (χ4v) is 4.44. The molecule has 2 amide bonds. The van der Waals surface area contributed by atoms with Gasteiger partial charge in [0.15, 0.2) is 0 Å². The van der Waals surface area contributed by atoms with E-state index in [0.717, 1.165) is 6.42 Å². The number of hydrogen-bond donors (Lipinski definition) is 2. The Morgan fingerprint density at radius 2 is 2.09 bits per heavy atom. The predicted molar refractivity (Wildman–Crippen MR) is 86.8 cm³/mol. The Morgan fingerprint density at radius 1 is 1.35 bits per heavy atom. The van der Waals surface area contributed by atoms with Crippen LogP contribution in [0.5, 0.6) is 0 Å². The Morgan fingerprint density at radius 3 is 2.78 bits per heavy atom. The highest BCUT2D eigenvalue weighted by atomic mass is 16.3. The number of nitrogens with zero attached hydrogens (tertiary/aromatic N) is 2. The van der Waals surface area contributed by atoms with Gasteiger partial charge in [0, 0.05) is 25.7 Å². The smallest absolute Gasteiger partial charge is 0.236 e. The monoisotopic (exact) mass is 323 g/mol. The van der Waals surface area contributed by atoms with Gasteiger partial charge in [0.2, 0.25) is 11.8 Å². The molecule has 2 heterocycles. The molecule has 0 aromatic heterocycles. The summed E-state index contributed by atoms with van der Waals surface area (Å²) in [4.78, 5) is 29.0. The summed E-state index contributed by atoms with van der Waals surface area (Å²) in [5.74, 6) is 0.00180. The molecule has 1 spiro atoms. The summed E-state index contributed by atoms with van der Waals surface area (Å²) >= 11 is 0. The minimum Gasteiger partial charge on any atom is -0.392 e. The molecular formula is C17H29N3O3. The van der Waals surface area contributed by atoms with Crippen molar-refractivity contribution in [2.75, 3.05) is 33.2 Å². The highest BCUT2D eigenvalue weighted by Gasteiger charge is 2.50. The second-order valence-electron chi connectivity index (χ2n) is 7.49. The Labute approximate surface area is 138 Å². The largest absolute Gasteiger partial charge is 0.392 e. The summed E-state index contributed by atoms with van der Waals surface area (Å²) in [7, 11) is 2.02. The lowest BCUT2D eigenvalue weighted by Gasteiger charge is -2.47. The van der Waals surface area contributed by atoms with Crippen LogP contribution in [0.1, 0.15) is 44.9 Å². The molecule has 1 aliphatic carbocycles. The van der Waals surface area contributed by atoms with E-state index in [-0.39, 0.29) is 11.8 Å². The maximum atomic E-state index is 12.7. The van der Waals surface area contributed by atoms with E-state index in [0.29, 0.717) is 45.1 Å². The van der Waals surface area contributed by atoms with Crippen molar-refractivity contribution in [3.05, 3.63) is 0 Å². The van der Waals surface area contributed by atoms with Crippen molar-refractivity contribution in [2.24, 2.45) is 5.41 Å². The lowest BCUT2D eigenvalue weighted by atomic mass is 9.71. The Balaban J connectivity index is 1.63. The van der Waals surface area contributed by atoms with Crippen LogP contribution in [0, 0.1) is 5.41 Å². The first kappa shape index (κ1) is 16.7. The lowest BCUT2D eigenvalue weighted by Crippen LogP contribution is -2.62. The zero-order valence-electron chi connectivity index (χ0n) is 14.1. The van der Waals surface area contributed by atoms with E-state index in [9.17, 15) is 14.7 Å². The van der Waals surface area contributed by atoms with Gasteiger partial charge in [0.25, 0.3) is 0 Å². The van der Waals surface area contributed by atoms with Gasteiger partial charge in [-0.05, 0) is 39.2 Å². The summed E-state index contributed by atoms with van der Waals surface area (Å²) in [6.45, 7) is 2.00. The van der Waals surface area contributed by atoms with Gasteiger partial charge < -0.3 is 15.3 Å². The molecule has 6 nitrogen and oxygen atoms in total. The second-order valence-corrected chi connectivity index (χ2v) is 7.49. The van der Waals surface area contributed by atoms with Crippen LogP contribution in [-0.4, -0.2) is 72.1 Å². The van der Waals surface area contributed by atoms with Crippen LogP contribution in [0.2, 0.25) is 0 Å². The topological polar surface area (TPSA) is 72.9 Å². The third-order valence-electron chi connectivity index (χ3n) is 6.01. The van der Waals surface area contributed by atoms with Crippen molar-refractivity contribution in [2.45, 2.75) is 57.1 Å². The lowest BCUT2D eigenvalue weighted by molar-refractivity contribution is -0.155. The van der Waals surface area contributed by atoms with Crippen molar-refractivity contribution in [1.29, 1.82) is 0 Å². The van der Waals surface area contributed by atoms with Gasteiger partial charge in [-0.3, -0.25) is 14.5 Å². The third kappa shape index (κ3) is 3.24. The van der Waals surface area contributed by atoms with E-state index < -0.39 is 11.5 Å². The molecule has 130 valence electrons. The van der Waals surface area contributed by atoms with Crippen LogP contribution in [0.15, 0.2) is 0 Å². The molecule has 3 rings (SSSR count). The van der Waals surface area contributed by atoms with Gasteiger partial charge in [-0.1, -0.05) is 12.8 Å². The molecule has 0 unspecified atom stereocenters. The number of carbonyl (C=O) groups excluding carboxylic acids is 2. The molecule has 3 fully saturated rings. The SMILES string of the molecule is CN(CC(=O)N1CC[C@H](O)[C@@]2(CCCNC2=O)C1)C1CCCC1. The molecule has 1 saturated carbocycles. The molecule has 0 bridgehead atoms. The highest BCUT2D eigenvalue weighted by Crippen LogP contribution is 2.37. The van der Waals surface area contributed by atoms with Crippen molar-refractivity contribution >= 4 is 11.8 Å². The maximum absolute atomic E-state index is 12.7. The molecule has 2 aliphatic heterocycles. The number of aliphatic hydroxyl groups is 1. The number of rotatable bonds is 3. The zero-order valence-corrected chi connectivity index (χ0v) is 14.1. The first-order chi connectivity index (χ1) is 11.0. The third-order valence-corrected chi connectivity index (χ3v) is 6.01. The van der Waals surface area contributed by atoms with E-state index >= 15 is 0 Å². The summed E-state index contributed by atoms with van der Waals surface area (Å²) < 4.78 is 0. The van der Waals surface area contributed by atoms with E-state index in [2.05, 4.69) is 10.2 Å². The minimum absolute atomic E-state index is 0.0853. The number of amides is 2. The molecule has 0 aromatic rings. The quantitative estimate of drug-likeness (QED) is 0.786. The molecule has 0 radical (unpaired) electrons. The average Bonchev–Trinajstić information content (AvgIpc) is 3.07. The van der Waals surface area contributed by atoms with Crippen LogP contribution in [0.3, 0.4) is 0 Å². The van der Waals surface area contributed by atoms with E-state index in [1.54, 1.807) is 4.90 Å². The van der Waals surface area contributed by atoms with Gasteiger partial charge in [-0.2, -0.15) is 0 Å². The fraction of sp³-hybridized carbons (Fsp3) is 0.882. The number of carbonyl (C=O) groups is 2. The molecule has 23 heavy (non-hydrogen) atoms. The van der Waals surface area contributed by atoms with Crippen molar-refractivity contribution < 1.29 is 14.7 Å². The van der Waals surface area contributed by atoms with Crippen molar-refractivity contribution in [3.63, 3.8) is 0 Å². The average molecular weight is 323 g/mol.